The minimum Gasteiger partial charge on any atom is -0.464 e. The number of para-hydroxylation sites is 1. The van der Waals surface area contributed by atoms with Crippen LogP contribution >= 0.6 is 11.3 Å². The summed E-state index contributed by atoms with van der Waals surface area (Å²) in [5.74, 6) is 0. The van der Waals surface area contributed by atoms with Crippen molar-refractivity contribution in [3.63, 3.8) is 0 Å². The van der Waals surface area contributed by atoms with Gasteiger partial charge < -0.3 is 10.2 Å². The van der Waals surface area contributed by atoms with Gasteiger partial charge in [0.25, 0.3) is 0 Å². The van der Waals surface area contributed by atoms with E-state index in [2.05, 4.69) is 4.98 Å². The molecular weight excluding hydrogens is 220 g/mol. The summed E-state index contributed by atoms with van der Waals surface area (Å²) in [5, 5.41) is 4.05. The van der Waals surface area contributed by atoms with E-state index in [4.69, 9.17) is 10.2 Å². The molecule has 4 heteroatoms. The van der Waals surface area contributed by atoms with E-state index in [9.17, 15) is 0 Å². The first kappa shape index (κ1) is 9.57. The average molecular weight is 230 g/mol. The van der Waals surface area contributed by atoms with Crippen LogP contribution < -0.4 is 5.73 Å². The Morgan fingerprint density at radius 2 is 2.19 bits per heavy atom. The lowest BCUT2D eigenvalue weighted by molar-refractivity contribution is 0.617. The Balaban J connectivity index is 2.18. The molecule has 2 heterocycles. The first-order valence-corrected chi connectivity index (χ1v) is 5.87. The van der Waals surface area contributed by atoms with Gasteiger partial charge in [-0.3, -0.25) is 0 Å². The number of thiazole rings is 1. The summed E-state index contributed by atoms with van der Waals surface area (Å²) in [7, 11) is 0. The first-order chi connectivity index (χ1) is 7.88. The quantitative estimate of drug-likeness (QED) is 0.736. The molecule has 0 aliphatic heterocycles. The van der Waals surface area contributed by atoms with Crippen LogP contribution in [0.2, 0.25) is 0 Å². The molecule has 0 amide bonds. The second-order valence-electron chi connectivity index (χ2n) is 3.48. The topological polar surface area (TPSA) is 52.0 Å². The Kier molecular flexibility index (Phi) is 2.23. The lowest BCUT2D eigenvalue weighted by Crippen LogP contribution is -1.94. The van der Waals surface area contributed by atoms with Crippen LogP contribution in [0.25, 0.3) is 22.2 Å². The fourth-order valence-corrected chi connectivity index (χ4v) is 2.38. The minimum absolute atomic E-state index is 0.487. The fourth-order valence-electron chi connectivity index (χ4n) is 1.70. The number of rotatable bonds is 2. The van der Waals surface area contributed by atoms with Crippen molar-refractivity contribution < 1.29 is 4.42 Å². The third-order valence-electron chi connectivity index (χ3n) is 2.48. The summed E-state index contributed by atoms with van der Waals surface area (Å²) < 4.78 is 5.48. The third kappa shape index (κ3) is 1.43. The van der Waals surface area contributed by atoms with E-state index in [-0.39, 0.29) is 0 Å². The Labute approximate surface area is 96.5 Å². The van der Waals surface area contributed by atoms with Crippen LogP contribution in [0, 0.1) is 0 Å². The summed E-state index contributed by atoms with van der Waals surface area (Å²) in [6.07, 6.45) is 1.75. The Morgan fingerprint density at radius 3 is 3.00 bits per heavy atom. The van der Waals surface area contributed by atoms with Gasteiger partial charge in [0.1, 0.15) is 16.9 Å². The van der Waals surface area contributed by atoms with Crippen LogP contribution in [-0.2, 0) is 6.54 Å². The van der Waals surface area contributed by atoms with E-state index in [0.29, 0.717) is 6.54 Å². The number of aromatic nitrogens is 1. The standard InChI is InChI=1S/C12H10N2OS/c13-5-12-14-10(7-16-12)9-6-15-11-4-2-1-3-8(9)11/h1-4,6-7H,5,13H2. The van der Waals surface area contributed by atoms with Gasteiger partial charge >= 0.3 is 0 Å². The predicted molar refractivity (Wildman–Crippen MR) is 65.2 cm³/mol. The second-order valence-corrected chi connectivity index (χ2v) is 4.42. The molecule has 0 aliphatic carbocycles. The zero-order valence-electron chi connectivity index (χ0n) is 8.51. The highest BCUT2D eigenvalue weighted by Gasteiger charge is 2.10. The van der Waals surface area contributed by atoms with Crippen molar-refractivity contribution in [2.75, 3.05) is 0 Å². The van der Waals surface area contributed by atoms with Crippen molar-refractivity contribution in [3.05, 3.63) is 40.9 Å². The van der Waals surface area contributed by atoms with Gasteiger partial charge in [-0.1, -0.05) is 18.2 Å². The molecule has 0 atom stereocenters. The number of nitrogens with zero attached hydrogens (tertiary/aromatic N) is 1. The highest BCUT2D eigenvalue weighted by molar-refractivity contribution is 7.09. The van der Waals surface area contributed by atoms with Gasteiger partial charge in [0, 0.05) is 22.9 Å². The van der Waals surface area contributed by atoms with Gasteiger partial charge in [0.15, 0.2) is 0 Å². The summed E-state index contributed by atoms with van der Waals surface area (Å²) in [4.78, 5) is 4.45. The zero-order valence-corrected chi connectivity index (χ0v) is 9.33. The van der Waals surface area contributed by atoms with E-state index in [1.807, 2.05) is 29.6 Å². The molecule has 80 valence electrons. The molecule has 16 heavy (non-hydrogen) atoms. The Morgan fingerprint density at radius 1 is 1.31 bits per heavy atom. The molecule has 0 saturated heterocycles. The SMILES string of the molecule is NCc1nc(-c2coc3ccccc23)cs1. The van der Waals surface area contributed by atoms with E-state index in [0.717, 1.165) is 27.2 Å². The van der Waals surface area contributed by atoms with Crippen molar-refractivity contribution in [1.82, 2.24) is 4.98 Å². The predicted octanol–water partition coefficient (Wildman–Crippen LogP) is 3.02. The van der Waals surface area contributed by atoms with Gasteiger partial charge in [-0.2, -0.15) is 0 Å². The zero-order chi connectivity index (χ0) is 11.0. The molecule has 2 aromatic heterocycles. The summed E-state index contributed by atoms with van der Waals surface area (Å²) in [6.45, 7) is 0.487. The minimum atomic E-state index is 0.487. The number of furan rings is 1. The molecule has 0 bridgehead atoms. The maximum atomic E-state index is 5.55. The van der Waals surface area contributed by atoms with Crippen LogP contribution in [0.4, 0.5) is 0 Å². The number of benzene rings is 1. The molecule has 0 radical (unpaired) electrons. The summed E-state index contributed by atoms with van der Waals surface area (Å²) in [6, 6.07) is 7.95. The normalized spacial score (nSPS) is 11.1. The van der Waals surface area contributed by atoms with Gasteiger partial charge in [0.2, 0.25) is 0 Å². The van der Waals surface area contributed by atoms with Crippen molar-refractivity contribution in [1.29, 1.82) is 0 Å². The number of hydrogen-bond acceptors (Lipinski definition) is 4. The molecule has 2 N–H and O–H groups in total. The second kappa shape index (κ2) is 3.73. The lowest BCUT2D eigenvalue weighted by Gasteiger charge is -1.91. The first-order valence-electron chi connectivity index (χ1n) is 4.99. The highest BCUT2D eigenvalue weighted by atomic mass is 32.1. The maximum Gasteiger partial charge on any atom is 0.134 e. The van der Waals surface area contributed by atoms with Crippen molar-refractivity contribution in [2.45, 2.75) is 6.54 Å². The van der Waals surface area contributed by atoms with Crippen LogP contribution in [0.1, 0.15) is 5.01 Å². The van der Waals surface area contributed by atoms with Gasteiger partial charge in [-0.25, -0.2) is 4.98 Å². The molecule has 0 saturated carbocycles. The van der Waals surface area contributed by atoms with Crippen molar-refractivity contribution in [3.8, 4) is 11.3 Å². The summed E-state index contributed by atoms with van der Waals surface area (Å²) in [5.41, 5.74) is 8.42. The molecule has 0 spiro atoms. The van der Waals surface area contributed by atoms with Crippen LogP contribution in [-0.4, -0.2) is 4.98 Å². The third-order valence-corrected chi connectivity index (χ3v) is 3.35. The highest BCUT2D eigenvalue weighted by Crippen LogP contribution is 2.30. The number of nitrogens with two attached hydrogens (primary N) is 1. The van der Waals surface area contributed by atoms with Gasteiger partial charge in [-0.05, 0) is 6.07 Å². The molecule has 0 fully saturated rings. The Hall–Kier alpha value is -1.65. The molecule has 0 aliphatic rings. The largest absolute Gasteiger partial charge is 0.464 e. The monoisotopic (exact) mass is 230 g/mol. The maximum absolute atomic E-state index is 5.55. The van der Waals surface area contributed by atoms with Crippen LogP contribution in [0.3, 0.4) is 0 Å². The molecule has 0 unspecified atom stereocenters. The lowest BCUT2D eigenvalue weighted by atomic mass is 10.1. The molecule has 1 aromatic carbocycles. The van der Waals surface area contributed by atoms with E-state index >= 15 is 0 Å². The Bertz CT molecular complexity index is 627. The molecule has 3 rings (SSSR count). The smallest absolute Gasteiger partial charge is 0.134 e. The fraction of sp³-hybridized carbons (Fsp3) is 0.0833. The van der Waals surface area contributed by atoms with E-state index in [1.165, 1.54) is 0 Å². The van der Waals surface area contributed by atoms with Crippen molar-refractivity contribution in [2.24, 2.45) is 5.73 Å². The van der Waals surface area contributed by atoms with E-state index < -0.39 is 0 Å². The number of hydrogen-bond donors (Lipinski definition) is 1. The van der Waals surface area contributed by atoms with Crippen LogP contribution in [0.5, 0.6) is 0 Å². The number of fused-ring (bicyclic) bond motifs is 1. The van der Waals surface area contributed by atoms with Gasteiger partial charge in [0.05, 0.1) is 5.69 Å². The average Bonchev–Trinajstić information content (AvgIpc) is 2.94. The molecule has 3 nitrogen and oxygen atoms in total. The molecule has 3 aromatic rings. The summed E-state index contributed by atoms with van der Waals surface area (Å²) >= 11 is 1.58. The van der Waals surface area contributed by atoms with Gasteiger partial charge in [-0.15, -0.1) is 11.3 Å². The van der Waals surface area contributed by atoms with Crippen molar-refractivity contribution >= 4 is 22.3 Å². The molecular formula is C12H10N2OS. The van der Waals surface area contributed by atoms with E-state index in [1.54, 1.807) is 17.6 Å². The van der Waals surface area contributed by atoms with Crippen LogP contribution in [0.15, 0.2) is 40.3 Å².